The summed E-state index contributed by atoms with van der Waals surface area (Å²) in [7, 11) is 0. The van der Waals surface area contributed by atoms with Crippen molar-refractivity contribution >= 4 is 45.1 Å². The second-order valence-corrected chi connectivity index (χ2v) is 9.58. The highest BCUT2D eigenvalue weighted by Gasteiger charge is 2.18. The van der Waals surface area contributed by atoms with E-state index >= 15 is 0 Å². The van der Waals surface area contributed by atoms with Crippen molar-refractivity contribution < 1.29 is 19.2 Å². The molecule has 41 heavy (non-hydrogen) atoms. The lowest BCUT2D eigenvalue weighted by Gasteiger charge is -2.09. The molecule has 0 atom stereocenters. The second-order valence-electron chi connectivity index (χ2n) is 9.58. The molecule has 6 aromatic rings. The molecule has 198 valence electrons. The topological polar surface area (TPSA) is 77.7 Å². The molecule has 0 N–H and O–H groups in total. The minimum Gasteiger partial charge on any atom is -0.312 e. The van der Waals surface area contributed by atoms with E-state index in [1.165, 1.54) is 6.92 Å². The molecule has 5 aromatic carbocycles. The number of hydrogen-bond acceptors (Lipinski definition) is 5. The van der Waals surface area contributed by atoms with Gasteiger partial charge in [-0.3, -0.25) is 9.59 Å². The Balaban J connectivity index is 1.33. The van der Waals surface area contributed by atoms with E-state index in [0.717, 1.165) is 27.5 Å². The average Bonchev–Trinajstić information content (AvgIpc) is 3.37. The van der Waals surface area contributed by atoms with Crippen LogP contribution in [-0.4, -0.2) is 27.8 Å². The summed E-state index contributed by atoms with van der Waals surface area (Å²) in [6.07, 6.45) is 0. The zero-order valence-corrected chi connectivity index (χ0v) is 22.2. The Morgan fingerprint density at radius 1 is 0.585 bits per heavy atom. The number of hydrogen-bond donors (Lipinski definition) is 0. The van der Waals surface area contributed by atoms with Gasteiger partial charge in [0.1, 0.15) is 5.71 Å². The Morgan fingerprint density at radius 2 is 1.15 bits per heavy atom. The Morgan fingerprint density at radius 3 is 1.85 bits per heavy atom. The van der Waals surface area contributed by atoms with Crippen LogP contribution in [0.1, 0.15) is 43.6 Å². The summed E-state index contributed by atoms with van der Waals surface area (Å²) in [4.78, 5) is 43.4. The van der Waals surface area contributed by atoms with Gasteiger partial charge in [0.2, 0.25) is 5.78 Å². The van der Waals surface area contributed by atoms with Crippen LogP contribution in [0, 0.1) is 0 Å². The van der Waals surface area contributed by atoms with E-state index in [4.69, 9.17) is 4.84 Å². The highest BCUT2D eigenvalue weighted by molar-refractivity contribution is 6.45. The lowest BCUT2D eigenvalue weighted by atomic mass is 10.0. The SMILES string of the molecule is C/C(=N/OC(=O)c1ccccc1)C(=O)c1ccc2c(c1)c1ccccc1n2-c1ccc(C(=O)c2ccccc2)cc1. The van der Waals surface area contributed by atoms with Crippen molar-refractivity contribution in [2.45, 2.75) is 6.92 Å². The van der Waals surface area contributed by atoms with E-state index in [2.05, 4.69) is 9.72 Å². The van der Waals surface area contributed by atoms with Gasteiger partial charge in [-0.25, -0.2) is 4.79 Å². The van der Waals surface area contributed by atoms with Gasteiger partial charge in [0.25, 0.3) is 0 Å². The van der Waals surface area contributed by atoms with Gasteiger partial charge in [0.05, 0.1) is 16.6 Å². The molecule has 6 heteroatoms. The highest BCUT2D eigenvalue weighted by atomic mass is 16.7. The smallest absolute Gasteiger partial charge is 0.312 e. The molecular weight excluding hydrogens is 512 g/mol. The molecule has 6 rings (SSSR count). The fourth-order valence-corrected chi connectivity index (χ4v) is 4.90. The summed E-state index contributed by atoms with van der Waals surface area (Å²) in [6, 6.07) is 38.6. The molecule has 0 spiro atoms. The molecule has 0 saturated heterocycles. The molecule has 0 aliphatic heterocycles. The van der Waals surface area contributed by atoms with Crippen molar-refractivity contribution in [3.63, 3.8) is 0 Å². The van der Waals surface area contributed by atoms with Crippen molar-refractivity contribution in [3.8, 4) is 5.69 Å². The largest absolute Gasteiger partial charge is 0.365 e. The van der Waals surface area contributed by atoms with Crippen LogP contribution in [0.4, 0.5) is 0 Å². The molecule has 0 aliphatic rings. The maximum atomic E-state index is 13.2. The number of aromatic nitrogens is 1. The highest BCUT2D eigenvalue weighted by Crippen LogP contribution is 2.33. The molecule has 0 bridgehead atoms. The van der Waals surface area contributed by atoms with Gasteiger partial charge in [0, 0.05) is 33.2 Å². The van der Waals surface area contributed by atoms with E-state index in [1.807, 2.05) is 91.0 Å². The van der Waals surface area contributed by atoms with Crippen molar-refractivity contribution in [1.82, 2.24) is 4.57 Å². The third kappa shape index (κ3) is 4.94. The quantitative estimate of drug-likeness (QED) is 0.0920. The normalized spacial score (nSPS) is 11.5. The minimum atomic E-state index is -0.632. The lowest BCUT2D eigenvalue weighted by molar-refractivity contribution is 0.0515. The Kier molecular flexibility index (Phi) is 6.80. The summed E-state index contributed by atoms with van der Waals surface area (Å²) >= 11 is 0. The number of benzene rings is 5. The maximum Gasteiger partial charge on any atom is 0.365 e. The van der Waals surface area contributed by atoms with Gasteiger partial charge in [-0.15, -0.1) is 0 Å². The number of rotatable bonds is 7. The van der Waals surface area contributed by atoms with Gasteiger partial charge in [-0.05, 0) is 67.6 Å². The van der Waals surface area contributed by atoms with E-state index in [1.54, 1.807) is 36.4 Å². The monoisotopic (exact) mass is 536 g/mol. The number of Topliss-reactive ketones (excluding diaryl/α,β-unsaturated/α-hetero) is 1. The van der Waals surface area contributed by atoms with Crippen molar-refractivity contribution in [2.75, 3.05) is 0 Å². The number of oxime groups is 1. The molecule has 0 radical (unpaired) electrons. The van der Waals surface area contributed by atoms with E-state index in [9.17, 15) is 14.4 Å². The first-order chi connectivity index (χ1) is 20.0. The van der Waals surface area contributed by atoms with E-state index in [0.29, 0.717) is 22.3 Å². The first-order valence-corrected chi connectivity index (χ1v) is 13.1. The summed E-state index contributed by atoms with van der Waals surface area (Å²) in [5.41, 5.74) is 4.87. The van der Waals surface area contributed by atoms with Crippen LogP contribution in [0.3, 0.4) is 0 Å². The van der Waals surface area contributed by atoms with Crippen LogP contribution in [0.5, 0.6) is 0 Å². The number of carbonyl (C=O) groups excluding carboxylic acids is 3. The molecule has 0 saturated carbocycles. The summed E-state index contributed by atoms with van der Waals surface area (Å²) < 4.78 is 2.11. The summed E-state index contributed by atoms with van der Waals surface area (Å²) in [5.74, 6) is -1.00. The fourth-order valence-electron chi connectivity index (χ4n) is 4.90. The molecule has 0 amide bonds. The molecule has 6 nitrogen and oxygen atoms in total. The van der Waals surface area contributed by atoms with Gasteiger partial charge in [-0.1, -0.05) is 71.9 Å². The molecule has 1 heterocycles. The number of ketones is 2. The summed E-state index contributed by atoms with van der Waals surface area (Å²) in [5, 5.41) is 5.67. The first-order valence-electron chi connectivity index (χ1n) is 13.1. The van der Waals surface area contributed by atoms with E-state index < -0.39 is 5.97 Å². The first kappa shape index (κ1) is 25.6. The standard InChI is InChI=1S/C35H24N2O4/c1-23(36-41-35(40)26-12-6-3-7-13-26)33(38)27-18-21-32-30(22-27)29-14-8-9-15-31(29)37(32)28-19-16-25(17-20-28)34(39)24-10-4-2-5-11-24/h2-22H,1H3/b36-23-. The van der Waals surface area contributed by atoms with Crippen LogP contribution >= 0.6 is 0 Å². The molecule has 0 aliphatic carbocycles. The van der Waals surface area contributed by atoms with Crippen LogP contribution < -0.4 is 0 Å². The Hall–Kier alpha value is -5.62. The zero-order chi connectivity index (χ0) is 28.3. The van der Waals surface area contributed by atoms with Crippen LogP contribution in [-0.2, 0) is 4.84 Å². The molecule has 0 fully saturated rings. The molecule has 0 unspecified atom stereocenters. The maximum absolute atomic E-state index is 13.2. The third-order valence-corrected chi connectivity index (χ3v) is 6.96. The predicted octanol–water partition coefficient (Wildman–Crippen LogP) is 7.43. The van der Waals surface area contributed by atoms with Gasteiger partial charge in [-0.2, -0.15) is 0 Å². The van der Waals surface area contributed by atoms with Crippen molar-refractivity contribution in [3.05, 3.63) is 150 Å². The van der Waals surface area contributed by atoms with Crippen molar-refractivity contribution in [2.24, 2.45) is 5.16 Å². The third-order valence-electron chi connectivity index (χ3n) is 6.96. The van der Waals surface area contributed by atoms with Crippen LogP contribution in [0.2, 0.25) is 0 Å². The van der Waals surface area contributed by atoms with Crippen LogP contribution in [0.25, 0.3) is 27.5 Å². The Labute approximate surface area is 236 Å². The predicted molar refractivity (Wildman–Crippen MR) is 160 cm³/mol. The number of para-hydroxylation sites is 1. The fraction of sp³-hybridized carbons (Fsp3) is 0.0286. The van der Waals surface area contributed by atoms with E-state index in [-0.39, 0.29) is 17.3 Å². The molecule has 1 aromatic heterocycles. The second kappa shape index (κ2) is 10.9. The number of fused-ring (bicyclic) bond motifs is 3. The van der Waals surface area contributed by atoms with Crippen molar-refractivity contribution in [1.29, 1.82) is 0 Å². The Bertz CT molecular complexity index is 1960. The summed E-state index contributed by atoms with van der Waals surface area (Å²) in [6.45, 7) is 1.52. The van der Waals surface area contributed by atoms with Gasteiger partial charge >= 0.3 is 5.97 Å². The number of carbonyl (C=O) groups is 3. The zero-order valence-electron chi connectivity index (χ0n) is 22.2. The lowest BCUT2D eigenvalue weighted by Crippen LogP contribution is -2.12. The average molecular weight is 537 g/mol. The molecular formula is C35H24N2O4. The van der Waals surface area contributed by atoms with Gasteiger partial charge < -0.3 is 9.40 Å². The number of nitrogens with zero attached hydrogens (tertiary/aromatic N) is 2. The minimum absolute atomic E-state index is 0.0333. The van der Waals surface area contributed by atoms with Gasteiger partial charge in [0.15, 0.2) is 5.78 Å². The van der Waals surface area contributed by atoms with Crippen LogP contribution in [0.15, 0.2) is 133 Å².